The van der Waals surface area contributed by atoms with Gasteiger partial charge in [-0.3, -0.25) is 0 Å². The van der Waals surface area contributed by atoms with Crippen LogP contribution in [0.15, 0.2) is 36.5 Å². The van der Waals surface area contributed by atoms with Crippen molar-refractivity contribution in [1.82, 2.24) is 4.57 Å². The van der Waals surface area contributed by atoms with Crippen LogP contribution in [0, 0.1) is 17.1 Å². The first-order valence-corrected chi connectivity index (χ1v) is 6.16. The molecule has 0 aliphatic rings. The number of hydrogen-bond donors (Lipinski definition) is 0. The van der Waals surface area contributed by atoms with Crippen LogP contribution in [0.3, 0.4) is 0 Å². The number of rotatable bonds is 4. The Morgan fingerprint density at radius 2 is 2.25 bits per heavy atom. The molecule has 0 aliphatic heterocycles. The molecule has 1 heterocycles. The third-order valence-electron chi connectivity index (χ3n) is 2.82. The number of aromatic nitrogens is 1. The van der Waals surface area contributed by atoms with Gasteiger partial charge in [-0.1, -0.05) is 6.07 Å². The van der Waals surface area contributed by atoms with Gasteiger partial charge in [-0.2, -0.15) is 5.26 Å². The van der Waals surface area contributed by atoms with E-state index in [1.54, 1.807) is 42.0 Å². The summed E-state index contributed by atoms with van der Waals surface area (Å²) in [6.07, 6.45) is 1.74. The van der Waals surface area contributed by atoms with E-state index in [-0.39, 0.29) is 5.56 Å². The zero-order valence-corrected chi connectivity index (χ0v) is 11.0. The van der Waals surface area contributed by atoms with Gasteiger partial charge in [0, 0.05) is 12.7 Å². The number of halogens is 1. The van der Waals surface area contributed by atoms with Gasteiger partial charge < -0.3 is 9.30 Å². The quantitative estimate of drug-likeness (QED) is 0.804. The normalized spacial score (nSPS) is 10.1. The molecule has 2 rings (SSSR count). The van der Waals surface area contributed by atoms with Crippen molar-refractivity contribution in [3.05, 3.63) is 59.2 Å². The molecule has 1 aromatic heterocycles. The minimum absolute atomic E-state index is 0.00709. The highest BCUT2D eigenvalue weighted by atomic mass is 19.1. The first kappa shape index (κ1) is 13.8. The molecule has 0 amide bonds. The average molecular weight is 272 g/mol. The van der Waals surface area contributed by atoms with Crippen LogP contribution in [0.1, 0.15) is 28.5 Å². The second kappa shape index (κ2) is 6.02. The smallest absolute Gasteiger partial charge is 0.354 e. The van der Waals surface area contributed by atoms with Gasteiger partial charge in [0.05, 0.1) is 12.2 Å². The van der Waals surface area contributed by atoms with Crippen LogP contribution in [-0.4, -0.2) is 17.1 Å². The molecule has 0 saturated heterocycles. The van der Waals surface area contributed by atoms with Crippen LogP contribution < -0.4 is 0 Å². The van der Waals surface area contributed by atoms with Crippen LogP contribution in [-0.2, 0) is 11.3 Å². The summed E-state index contributed by atoms with van der Waals surface area (Å²) in [5.74, 6) is -0.950. The maximum absolute atomic E-state index is 13.3. The Morgan fingerprint density at radius 3 is 2.95 bits per heavy atom. The topological polar surface area (TPSA) is 55.0 Å². The summed E-state index contributed by atoms with van der Waals surface area (Å²) in [5.41, 5.74) is 1.16. The maximum atomic E-state index is 13.3. The molecule has 102 valence electrons. The molecule has 0 unspecified atom stereocenters. The molecule has 4 nitrogen and oxygen atoms in total. The minimum Gasteiger partial charge on any atom is -0.461 e. The Bertz CT molecular complexity index is 671. The molecular weight excluding hydrogens is 259 g/mol. The largest absolute Gasteiger partial charge is 0.461 e. The van der Waals surface area contributed by atoms with Gasteiger partial charge in [0.25, 0.3) is 0 Å². The van der Waals surface area contributed by atoms with E-state index in [9.17, 15) is 9.18 Å². The molecule has 0 atom stereocenters. The minimum atomic E-state index is -0.547. The average Bonchev–Trinajstić information content (AvgIpc) is 2.89. The first-order chi connectivity index (χ1) is 9.65. The van der Waals surface area contributed by atoms with Crippen molar-refractivity contribution in [3.8, 4) is 6.07 Å². The third kappa shape index (κ3) is 2.86. The van der Waals surface area contributed by atoms with Gasteiger partial charge in [-0.15, -0.1) is 0 Å². The zero-order chi connectivity index (χ0) is 14.5. The molecule has 0 bridgehead atoms. The predicted octanol–water partition coefficient (Wildman–Crippen LogP) is 2.72. The molecule has 2 aromatic rings. The summed E-state index contributed by atoms with van der Waals surface area (Å²) < 4.78 is 19.9. The van der Waals surface area contributed by atoms with Crippen LogP contribution >= 0.6 is 0 Å². The Hall–Kier alpha value is -2.61. The molecule has 20 heavy (non-hydrogen) atoms. The van der Waals surface area contributed by atoms with Crippen molar-refractivity contribution in [3.63, 3.8) is 0 Å². The van der Waals surface area contributed by atoms with E-state index in [4.69, 9.17) is 10.00 Å². The Morgan fingerprint density at radius 1 is 1.45 bits per heavy atom. The highest BCUT2D eigenvalue weighted by molar-refractivity contribution is 5.87. The Kier molecular flexibility index (Phi) is 4.16. The number of carbonyl (C=O) groups excluding carboxylic acids is 1. The molecular formula is C15H13FN2O2. The summed E-state index contributed by atoms with van der Waals surface area (Å²) in [5, 5.41) is 8.81. The number of carbonyl (C=O) groups is 1. The lowest BCUT2D eigenvalue weighted by Gasteiger charge is -2.09. The van der Waals surface area contributed by atoms with Crippen LogP contribution in [0.2, 0.25) is 0 Å². The SMILES string of the molecule is CCOC(=O)c1cccn1Cc1ccc(F)c(C#N)c1. The number of benzene rings is 1. The van der Waals surface area contributed by atoms with E-state index in [0.29, 0.717) is 18.8 Å². The third-order valence-corrected chi connectivity index (χ3v) is 2.82. The summed E-state index contributed by atoms with van der Waals surface area (Å²) in [7, 11) is 0. The van der Waals surface area contributed by atoms with Gasteiger partial charge in [-0.25, -0.2) is 9.18 Å². The van der Waals surface area contributed by atoms with Crippen molar-refractivity contribution in [2.24, 2.45) is 0 Å². The van der Waals surface area contributed by atoms with Crippen LogP contribution in [0.4, 0.5) is 4.39 Å². The first-order valence-electron chi connectivity index (χ1n) is 6.16. The van der Waals surface area contributed by atoms with Crippen LogP contribution in [0.25, 0.3) is 0 Å². The summed E-state index contributed by atoms with van der Waals surface area (Å²) in [4.78, 5) is 11.7. The lowest BCUT2D eigenvalue weighted by Crippen LogP contribution is -2.12. The van der Waals surface area contributed by atoms with Crippen molar-refractivity contribution in [2.75, 3.05) is 6.61 Å². The second-order valence-electron chi connectivity index (χ2n) is 4.17. The Balaban J connectivity index is 2.25. The summed E-state index contributed by atoms with van der Waals surface area (Å²) >= 11 is 0. The monoisotopic (exact) mass is 272 g/mol. The van der Waals surface area contributed by atoms with E-state index in [0.717, 1.165) is 5.56 Å². The van der Waals surface area contributed by atoms with E-state index in [1.165, 1.54) is 12.1 Å². The number of ether oxygens (including phenoxy) is 1. The van der Waals surface area contributed by atoms with Gasteiger partial charge in [0.2, 0.25) is 0 Å². The van der Waals surface area contributed by atoms with E-state index in [1.807, 2.05) is 0 Å². The van der Waals surface area contributed by atoms with Gasteiger partial charge in [0.1, 0.15) is 17.6 Å². The zero-order valence-electron chi connectivity index (χ0n) is 11.0. The number of hydrogen-bond acceptors (Lipinski definition) is 3. The summed E-state index contributed by atoms with van der Waals surface area (Å²) in [6.45, 7) is 2.42. The standard InChI is InChI=1S/C15H13FN2O2/c1-2-20-15(19)14-4-3-7-18(14)10-11-5-6-13(16)12(8-11)9-17/h3-8H,2,10H2,1H3. The van der Waals surface area contributed by atoms with Crippen molar-refractivity contribution in [2.45, 2.75) is 13.5 Å². The predicted molar refractivity (Wildman–Crippen MR) is 70.6 cm³/mol. The number of esters is 1. The lowest BCUT2D eigenvalue weighted by atomic mass is 10.1. The number of nitriles is 1. The fraction of sp³-hybridized carbons (Fsp3) is 0.200. The highest BCUT2D eigenvalue weighted by Gasteiger charge is 2.12. The molecule has 0 spiro atoms. The molecule has 1 aromatic carbocycles. The van der Waals surface area contributed by atoms with Crippen molar-refractivity contribution < 1.29 is 13.9 Å². The van der Waals surface area contributed by atoms with E-state index >= 15 is 0 Å². The molecule has 0 saturated carbocycles. The molecule has 0 N–H and O–H groups in total. The van der Waals surface area contributed by atoms with Crippen molar-refractivity contribution in [1.29, 1.82) is 5.26 Å². The summed E-state index contributed by atoms with van der Waals surface area (Å²) in [6, 6.07) is 9.51. The van der Waals surface area contributed by atoms with E-state index < -0.39 is 11.8 Å². The Labute approximate surface area is 116 Å². The fourth-order valence-electron chi connectivity index (χ4n) is 1.90. The fourth-order valence-corrected chi connectivity index (χ4v) is 1.90. The van der Waals surface area contributed by atoms with Crippen LogP contribution in [0.5, 0.6) is 0 Å². The van der Waals surface area contributed by atoms with Gasteiger partial charge in [-0.05, 0) is 36.8 Å². The lowest BCUT2D eigenvalue weighted by molar-refractivity contribution is 0.0514. The van der Waals surface area contributed by atoms with E-state index in [2.05, 4.69) is 0 Å². The highest BCUT2D eigenvalue weighted by Crippen LogP contribution is 2.13. The molecule has 5 heteroatoms. The molecule has 0 radical (unpaired) electrons. The van der Waals surface area contributed by atoms with Gasteiger partial charge >= 0.3 is 5.97 Å². The van der Waals surface area contributed by atoms with Gasteiger partial charge in [0.15, 0.2) is 0 Å². The second-order valence-corrected chi connectivity index (χ2v) is 4.17. The number of nitrogens with zero attached hydrogens (tertiary/aromatic N) is 2. The maximum Gasteiger partial charge on any atom is 0.354 e. The van der Waals surface area contributed by atoms with Crippen molar-refractivity contribution >= 4 is 5.97 Å². The molecule has 0 fully saturated rings. The molecule has 0 aliphatic carbocycles.